The van der Waals surface area contributed by atoms with Gasteiger partial charge in [0.05, 0.1) is 0 Å². The molecular weight excluding hydrogens is 502 g/mol. The summed E-state index contributed by atoms with van der Waals surface area (Å²) in [5.41, 5.74) is 6.89. The smallest absolute Gasteiger partial charge is 0.164 e. The number of nitrogens with zero attached hydrogens (tertiary/aromatic N) is 3. The number of furan rings is 1. The van der Waals surface area contributed by atoms with Crippen LogP contribution in [0.15, 0.2) is 144 Å². The molecule has 8 rings (SSSR count). The third-order valence-electron chi connectivity index (χ3n) is 7.55. The quantitative estimate of drug-likeness (QED) is 0.230. The van der Waals surface area contributed by atoms with E-state index in [9.17, 15) is 0 Å². The summed E-state index contributed by atoms with van der Waals surface area (Å²) < 4.78 is 6.20. The zero-order valence-electron chi connectivity index (χ0n) is 22.0. The summed E-state index contributed by atoms with van der Waals surface area (Å²) in [4.78, 5) is 14.8. The van der Waals surface area contributed by atoms with Crippen LogP contribution in [0, 0.1) is 0 Å². The minimum Gasteiger partial charge on any atom is -0.456 e. The topological polar surface area (TPSA) is 51.8 Å². The third-order valence-corrected chi connectivity index (χ3v) is 7.55. The Kier molecular flexibility index (Phi) is 5.42. The van der Waals surface area contributed by atoms with Gasteiger partial charge in [-0.3, -0.25) is 0 Å². The predicted molar refractivity (Wildman–Crippen MR) is 166 cm³/mol. The zero-order valence-corrected chi connectivity index (χ0v) is 22.0. The summed E-state index contributed by atoms with van der Waals surface area (Å²) in [7, 11) is 0. The van der Waals surface area contributed by atoms with Crippen LogP contribution in [0.2, 0.25) is 0 Å². The highest BCUT2D eigenvalue weighted by molar-refractivity contribution is 6.08. The molecule has 41 heavy (non-hydrogen) atoms. The summed E-state index contributed by atoms with van der Waals surface area (Å²) in [6.07, 6.45) is 0. The second-order valence-electron chi connectivity index (χ2n) is 10.1. The summed E-state index contributed by atoms with van der Waals surface area (Å²) in [6, 6.07) is 47.5. The molecule has 0 fully saturated rings. The molecule has 2 heterocycles. The molecule has 0 atom stereocenters. The van der Waals surface area contributed by atoms with Crippen molar-refractivity contribution in [1.82, 2.24) is 15.0 Å². The van der Waals surface area contributed by atoms with E-state index < -0.39 is 0 Å². The lowest BCUT2D eigenvalue weighted by Gasteiger charge is -2.13. The normalized spacial score (nSPS) is 11.4. The molecule has 0 radical (unpaired) electrons. The minimum atomic E-state index is 0.646. The SMILES string of the molecule is c1ccc(-c2nc(-c3ccccc3)nc(-c3ccc(-c4ccc5c(c4)oc4ccccc45)c4ccccc34)n2)cc1. The number of fused-ring (bicyclic) bond motifs is 4. The molecule has 0 saturated carbocycles. The van der Waals surface area contributed by atoms with Crippen LogP contribution < -0.4 is 0 Å². The average Bonchev–Trinajstić information content (AvgIpc) is 3.43. The van der Waals surface area contributed by atoms with Gasteiger partial charge in [0, 0.05) is 27.5 Å². The van der Waals surface area contributed by atoms with E-state index in [-0.39, 0.29) is 0 Å². The molecule has 4 heteroatoms. The van der Waals surface area contributed by atoms with Crippen molar-refractivity contribution in [2.75, 3.05) is 0 Å². The largest absolute Gasteiger partial charge is 0.456 e. The molecule has 0 bridgehead atoms. The fourth-order valence-electron chi connectivity index (χ4n) is 5.57. The van der Waals surface area contributed by atoms with Crippen LogP contribution in [0.4, 0.5) is 0 Å². The van der Waals surface area contributed by atoms with E-state index in [4.69, 9.17) is 19.4 Å². The minimum absolute atomic E-state index is 0.646. The first-order valence-electron chi connectivity index (χ1n) is 13.6. The first kappa shape index (κ1) is 23.3. The molecule has 6 aromatic carbocycles. The van der Waals surface area contributed by atoms with Gasteiger partial charge in [0.15, 0.2) is 17.5 Å². The molecule has 0 amide bonds. The summed E-state index contributed by atoms with van der Waals surface area (Å²) in [6.45, 7) is 0. The van der Waals surface area contributed by atoms with E-state index in [0.717, 1.165) is 60.5 Å². The number of benzene rings is 6. The maximum absolute atomic E-state index is 6.20. The molecule has 0 unspecified atom stereocenters. The fraction of sp³-hybridized carbons (Fsp3) is 0. The molecule has 0 saturated heterocycles. The molecule has 192 valence electrons. The van der Waals surface area contributed by atoms with Gasteiger partial charge in [-0.1, -0.05) is 115 Å². The second kappa shape index (κ2) is 9.54. The number of hydrogen-bond donors (Lipinski definition) is 0. The molecular formula is C37H23N3O. The standard InChI is InChI=1S/C37H23N3O/c1-3-11-24(12-4-1)35-38-36(25-13-5-2-6-14-25)40-37(39-35)32-22-21-27(28-15-7-8-16-29(28)32)26-19-20-31-30-17-9-10-18-33(30)41-34(31)23-26/h1-23H. The maximum Gasteiger partial charge on any atom is 0.164 e. The number of aromatic nitrogens is 3. The lowest BCUT2D eigenvalue weighted by molar-refractivity contribution is 0.669. The van der Waals surface area contributed by atoms with Gasteiger partial charge in [0.1, 0.15) is 11.2 Å². The van der Waals surface area contributed by atoms with Crippen LogP contribution >= 0.6 is 0 Å². The number of para-hydroxylation sites is 1. The third kappa shape index (κ3) is 4.05. The highest BCUT2D eigenvalue weighted by Crippen LogP contribution is 2.38. The molecule has 0 aliphatic heterocycles. The van der Waals surface area contributed by atoms with E-state index in [1.54, 1.807) is 0 Å². The zero-order chi connectivity index (χ0) is 27.2. The van der Waals surface area contributed by atoms with Gasteiger partial charge < -0.3 is 4.42 Å². The van der Waals surface area contributed by atoms with Gasteiger partial charge in [-0.2, -0.15) is 0 Å². The van der Waals surface area contributed by atoms with Gasteiger partial charge in [0.2, 0.25) is 0 Å². The lowest BCUT2D eigenvalue weighted by atomic mass is 9.94. The first-order chi connectivity index (χ1) is 20.3. The van der Waals surface area contributed by atoms with E-state index in [2.05, 4.69) is 60.7 Å². The molecule has 2 aromatic heterocycles. The van der Waals surface area contributed by atoms with Crippen LogP contribution in [0.5, 0.6) is 0 Å². The average molecular weight is 526 g/mol. The lowest BCUT2D eigenvalue weighted by Crippen LogP contribution is -2.00. The van der Waals surface area contributed by atoms with Crippen LogP contribution in [-0.4, -0.2) is 15.0 Å². The van der Waals surface area contributed by atoms with E-state index in [1.165, 1.54) is 0 Å². The summed E-state index contributed by atoms with van der Waals surface area (Å²) in [5, 5.41) is 4.46. The summed E-state index contributed by atoms with van der Waals surface area (Å²) >= 11 is 0. The van der Waals surface area contributed by atoms with E-state index in [0.29, 0.717) is 17.5 Å². The Morgan fingerprint density at radius 2 is 0.854 bits per heavy atom. The van der Waals surface area contributed by atoms with Crippen molar-refractivity contribution < 1.29 is 4.42 Å². The Bertz CT molecular complexity index is 2140. The predicted octanol–water partition coefficient (Wildman–Crippen LogP) is 9.59. The number of rotatable bonds is 4. The van der Waals surface area contributed by atoms with Gasteiger partial charge in [-0.05, 0) is 46.2 Å². The molecule has 8 aromatic rings. The molecule has 0 N–H and O–H groups in total. The molecule has 0 spiro atoms. The van der Waals surface area contributed by atoms with Crippen molar-refractivity contribution in [1.29, 1.82) is 0 Å². The van der Waals surface area contributed by atoms with Gasteiger partial charge in [-0.15, -0.1) is 0 Å². The van der Waals surface area contributed by atoms with Crippen molar-refractivity contribution in [3.05, 3.63) is 140 Å². The monoisotopic (exact) mass is 525 g/mol. The van der Waals surface area contributed by atoms with Crippen molar-refractivity contribution in [2.45, 2.75) is 0 Å². The van der Waals surface area contributed by atoms with Crippen molar-refractivity contribution in [3.63, 3.8) is 0 Å². The van der Waals surface area contributed by atoms with Crippen LogP contribution in [0.3, 0.4) is 0 Å². The van der Waals surface area contributed by atoms with Crippen molar-refractivity contribution in [2.24, 2.45) is 0 Å². The molecule has 0 aliphatic rings. The van der Waals surface area contributed by atoms with Gasteiger partial charge in [0.25, 0.3) is 0 Å². The molecule has 4 nitrogen and oxygen atoms in total. The Balaban J connectivity index is 1.32. The highest BCUT2D eigenvalue weighted by atomic mass is 16.3. The first-order valence-corrected chi connectivity index (χ1v) is 13.6. The van der Waals surface area contributed by atoms with Crippen LogP contribution in [0.1, 0.15) is 0 Å². The molecule has 0 aliphatic carbocycles. The van der Waals surface area contributed by atoms with E-state index in [1.807, 2.05) is 78.9 Å². The Labute approximate surface area is 236 Å². The Hall–Kier alpha value is -5.61. The van der Waals surface area contributed by atoms with Crippen LogP contribution in [-0.2, 0) is 0 Å². The Morgan fingerprint density at radius 3 is 1.54 bits per heavy atom. The van der Waals surface area contributed by atoms with Crippen molar-refractivity contribution >= 4 is 32.7 Å². The van der Waals surface area contributed by atoms with Gasteiger partial charge in [-0.25, -0.2) is 15.0 Å². The number of hydrogen-bond acceptors (Lipinski definition) is 4. The van der Waals surface area contributed by atoms with Crippen molar-refractivity contribution in [3.8, 4) is 45.3 Å². The van der Waals surface area contributed by atoms with E-state index >= 15 is 0 Å². The van der Waals surface area contributed by atoms with Gasteiger partial charge >= 0.3 is 0 Å². The highest BCUT2D eigenvalue weighted by Gasteiger charge is 2.16. The summed E-state index contributed by atoms with van der Waals surface area (Å²) in [5.74, 6) is 1.95. The maximum atomic E-state index is 6.20. The fourth-order valence-corrected chi connectivity index (χ4v) is 5.57. The van der Waals surface area contributed by atoms with Crippen LogP contribution in [0.25, 0.3) is 78.0 Å². The second-order valence-corrected chi connectivity index (χ2v) is 10.1. The Morgan fingerprint density at radius 1 is 0.341 bits per heavy atom.